The lowest BCUT2D eigenvalue weighted by atomic mass is 10.1. The van der Waals surface area contributed by atoms with Crippen molar-refractivity contribution in [2.45, 2.75) is 6.54 Å². The van der Waals surface area contributed by atoms with Crippen molar-refractivity contribution in [3.05, 3.63) is 70.1 Å². The predicted molar refractivity (Wildman–Crippen MR) is 98.2 cm³/mol. The summed E-state index contributed by atoms with van der Waals surface area (Å²) in [5, 5.41) is 4.64. The van der Waals surface area contributed by atoms with E-state index in [1.807, 2.05) is 12.3 Å². The maximum Gasteiger partial charge on any atom is 0.183 e. The van der Waals surface area contributed by atoms with Gasteiger partial charge in [-0.3, -0.25) is 0 Å². The summed E-state index contributed by atoms with van der Waals surface area (Å²) in [6, 6.07) is 18.9. The first kappa shape index (κ1) is 14.3. The lowest BCUT2D eigenvalue weighted by Gasteiger charge is -2.06. The van der Waals surface area contributed by atoms with Crippen molar-refractivity contribution in [1.82, 2.24) is 9.97 Å². The number of para-hydroxylation sites is 1. The van der Waals surface area contributed by atoms with Crippen molar-refractivity contribution < 1.29 is 0 Å². The van der Waals surface area contributed by atoms with Crippen molar-refractivity contribution in [3.63, 3.8) is 0 Å². The third-order valence-electron chi connectivity index (χ3n) is 3.70. The minimum atomic E-state index is 0.577. The summed E-state index contributed by atoms with van der Waals surface area (Å²) in [7, 11) is 0. The highest BCUT2D eigenvalue weighted by Gasteiger charge is 2.04. The molecule has 0 amide bonds. The lowest BCUT2D eigenvalue weighted by Crippen LogP contribution is -1.97. The topological polar surface area (TPSA) is 40.7 Å². The molecule has 2 aromatic carbocycles. The molecule has 0 atom stereocenters. The van der Waals surface area contributed by atoms with Crippen molar-refractivity contribution in [1.29, 1.82) is 0 Å². The summed E-state index contributed by atoms with van der Waals surface area (Å²) in [4.78, 5) is 8.64. The van der Waals surface area contributed by atoms with E-state index in [9.17, 15) is 0 Å². The van der Waals surface area contributed by atoms with E-state index in [1.54, 1.807) is 0 Å². The third kappa shape index (κ3) is 3.09. The van der Waals surface area contributed by atoms with Gasteiger partial charge in [0.05, 0.1) is 6.54 Å². The van der Waals surface area contributed by atoms with Crippen LogP contribution in [0.4, 0.5) is 5.69 Å². The number of hydrogen-bond donors (Lipinski definition) is 2. The van der Waals surface area contributed by atoms with Crippen LogP contribution < -0.4 is 5.32 Å². The zero-order valence-electron chi connectivity index (χ0n) is 12.2. The fraction of sp³-hybridized carbons (Fsp3) is 0.0556. The summed E-state index contributed by atoms with van der Waals surface area (Å²) in [6.07, 6.45) is 1.81. The summed E-state index contributed by atoms with van der Waals surface area (Å²) in [5.41, 5.74) is 4.51. The van der Waals surface area contributed by atoms with Crippen LogP contribution in [0.1, 0.15) is 4.88 Å². The Hall–Kier alpha value is -2.30. The van der Waals surface area contributed by atoms with Gasteiger partial charge in [-0.25, -0.2) is 4.98 Å². The molecule has 23 heavy (non-hydrogen) atoms. The molecule has 0 bridgehead atoms. The van der Waals surface area contributed by atoms with E-state index in [0.29, 0.717) is 4.47 Å². The Balaban J connectivity index is 1.58. The second-order valence-corrected chi connectivity index (χ2v) is 6.98. The maximum absolute atomic E-state index is 5.86. The second-order valence-electron chi connectivity index (χ2n) is 5.28. The number of benzene rings is 2. The molecule has 0 aliphatic heterocycles. The lowest BCUT2D eigenvalue weighted by molar-refractivity contribution is 1.17. The highest BCUT2D eigenvalue weighted by molar-refractivity contribution is 7.15. The number of halogens is 1. The monoisotopic (exact) mass is 339 g/mol. The van der Waals surface area contributed by atoms with Gasteiger partial charge in [-0.1, -0.05) is 41.9 Å². The number of aromatic nitrogens is 2. The third-order valence-corrected chi connectivity index (χ3v) is 4.81. The van der Waals surface area contributed by atoms with E-state index in [2.05, 4.69) is 63.8 Å². The zero-order valence-corrected chi connectivity index (χ0v) is 13.8. The van der Waals surface area contributed by atoms with Crippen LogP contribution >= 0.6 is 22.9 Å². The van der Waals surface area contributed by atoms with Gasteiger partial charge in [-0.05, 0) is 29.8 Å². The van der Waals surface area contributed by atoms with Gasteiger partial charge in [0.15, 0.2) is 4.47 Å². The highest BCUT2D eigenvalue weighted by atomic mass is 35.5. The van der Waals surface area contributed by atoms with Crippen molar-refractivity contribution in [3.8, 4) is 11.3 Å². The molecule has 0 aliphatic carbocycles. The van der Waals surface area contributed by atoms with Gasteiger partial charge in [-0.2, -0.15) is 0 Å². The van der Waals surface area contributed by atoms with E-state index in [1.165, 1.54) is 16.7 Å². The van der Waals surface area contributed by atoms with Crippen LogP contribution in [0, 0.1) is 0 Å². The molecule has 3 nitrogen and oxygen atoms in total. The standard InChI is InChI=1S/C18H14ClN3S/c19-18-21-11-15(23-18)10-20-14-6-3-5-12(8-14)17-9-13-4-1-2-7-16(13)22-17/h1-9,11,20,22H,10H2. The molecular weight excluding hydrogens is 326 g/mol. The summed E-state index contributed by atoms with van der Waals surface area (Å²) in [6.45, 7) is 0.723. The number of hydrogen-bond acceptors (Lipinski definition) is 3. The minimum Gasteiger partial charge on any atom is -0.380 e. The van der Waals surface area contributed by atoms with Gasteiger partial charge < -0.3 is 10.3 Å². The second kappa shape index (κ2) is 6.07. The SMILES string of the molecule is Clc1ncc(CNc2cccc(-c3cc4ccccc4[nH]3)c2)s1. The Labute approximate surface area is 143 Å². The average molecular weight is 340 g/mol. The first-order valence-corrected chi connectivity index (χ1v) is 8.50. The Morgan fingerprint density at radius 1 is 1.09 bits per heavy atom. The van der Waals surface area contributed by atoms with Crippen molar-refractivity contribution >= 4 is 39.5 Å². The molecule has 5 heteroatoms. The molecule has 0 aliphatic rings. The van der Waals surface area contributed by atoms with Crippen molar-refractivity contribution in [2.24, 2.45) is 0 Å². The quantitative estimate of drug-likeness (QED) is 0.511. The summed E-state index contributed by atoms with van der Waals surface area (Å²) >= 11 is 7.36. The molecule has 4 aromatic rings. The molecule has 0 saturated carbocycles. The first-order valence-electron chi connectivity index (χ1n) is 7.30. The van der Waals surface area contributed by atoms with Crippen LogP contribution in [-0.2, 0) is 6.54 Å². The van der Waals surface area contributed by atoms with E-state index in [0.717, 1.165) is 33.9 Å². The Morgan fingerprint density at radius 2 is 2.00 bits per heavy atom. The number of anilines is 1. The molecule has 0 radical (unpaired) electrons. The van der Waals surface area contributed by atoms with Gasteiger partial charge >= 0.3 is 0 Å². The Kier molecular flexibility index (Phi) is 3.77. The number of fused-ring (bicyclic) bond motifs is 1. The fourth-order valence-electron chi connectivity index (χ4n) is 2.58. The molecule has 2 aromatic heterocycles. The van der Waals surface area contributed by atoms with Crippen LogP contribution in [0.15, 0.2) is 60.8 Å². The molecule has 4 rings (SSSR count). The molecule has 2 heterocycles. The molecule has 0 fully saturated rings. The average Bonchev–Trinajstić information content (AvgIpc) is 3.19. The van der Waals surface area contributed by atoms with Crippen LogP contribution in [0.25, 0.3) is 22.2 Å². The molecule has 0 spiro atoms. The maximum atomic E-state index is 5.86. The van der Waals surface area contributed by atoms with Gasteiger partial charge in [0.25, 0.3) is 0 Å². The van der Waals surface area contributed by atoms with Crippen LogP contribution in [0.5, 0.6) is 0 Å². The highest BCUT2D eigenvalue weighted by Crippen LogP contribution is 2.26. The van der Waals surface area contributed by atoms with Crippen LogP contribution in [0.2, 0.25) is 4.47 Å². The fourth-order valence-corrected chi connectivity index (χ4v) is 3.50. The van der Waals surface area contributed by atoms with E-state index >= 15 is 0 Å². The largest absolute Gasteiger partial charge is 0.380 e. The molecule has 0 saturated heterocycles. The molecule has 2 N–H and O–H groups in total. The number of nitrogens with one attached hydrogen (secondary N) is 2. The Morgan fingerprint density at radius 3 is 2.83 bits per heavy atom. The number of thiazole rings is 1. The summed E-state index contributed by atoms with van der Waals surface area (Å²) in [5.74, 6) is 0. The first-order chi connectivity index (χ1) is 11.3. The van der Waals surface area contributed by atoms with E-state index in [-0.39, 0.29) is 0 Å². The number of rotatable bonds is 4. The van der Waals surface area contributed by atoms with Crippen LogP contribution in [-0.4, -0.2) is 9.97 Å². The number of aromatic amines is 1. The van der Waals surface area contributed by atoms with E-state index < -0.39 is 0 Å². The minimum absolute atomic E-state index is 0.577. The predicted octanol–water partition coefficient (Wildman–Crippen LogP) is 5.56. The molecular formula is C18H14ClN3S. The van der Waals surface area contributed by atoms with Gasteiger partial charge in [0.1, 0.15) is 0 Å². The molecule has 114 valence electrons. The number of nitrogens with zero attached hydrogens (tertiary/aromatic N) is 1. The van der Waals surface area contributed by atoms with E-state index in [4.69, 9.17) is 11.6 Å². The molecule has 0 unspecified atom stereocenters. The van der Waals surface area contributed by atoms with Gasteiger partial charge in [-0.15, -0.1) is 11.3 Å². The summed E-state index contributed by atoms with van der Waals surface area (Å²) < 4.78 is 0.577. The van der Waals surface area contributed by atoms with Gasteiger partial charge in [0, 0.05) is 33.4 Å². The van der Waals surface area contributed by atoms with Crippen LogP contribution in [0.3, 0.4) is 0 Å². The van der Waals surface area contributed by atoms with Crippen molar-refractivity contribution in [2.75, 3.05) is 5.32 Å². The zero-order chi connectivity index (χ0) is 15.6. The Bertz CT molecular complexity index is 924. The van der Waals surface area contributed by atoms with Gasteiger partial charge in [0.2, 0.25) is 0 Å². The number of H-pyrrole nitrogens is 1. The smallest absolute Gasteiger partial charge is 0.183 e. The normalized spacial score (nSPS) is 11.0.